The van der Waals surface area contributed by atoms with E-state index in [1.165, 1.54) is 37.0 Å². The minimum atomic E-state index is -0.119. The van der Waals surface area contributed by atoms with Crippen LogP contribution in [0.15, 0.2) is 24.3 Å². The lowest BCUT2D eigenvalue weighted by molar-refractivity contribution is -0.915. The molecule has 5 heteroatoms. The molecule has 0 spiro atoms. The van der Waals surface area contributed by atoms with E-state index in [4.69, 9.17) is 0 Å². The number of hydrogen-bond donors (Lipinski definition) is 2. The van der Waals surface area contributed by atoms with Crippen molar-refractivity contribution in [1.29, 1.82) is 0 Å². The number of carbonyl (C=O) groups is 2. The van der Waals surface area contributed by atoms with Crippen LogP contribution >= 0.6 is 0 Å². The molecular formula is C18H26N3O2+. The van der Waals surface area contributed by atoms with E-state index in [0.717, 1.165) is 24.5 Å². The van der Waals surface area contributed by atoms with Gasteiger partial charge >= 0.3 is 0 Å². The number of nitrogens with zero attached hydrogens (tertiary/aromatic N) is 1. The highest BCUT2D eigenvalue weighted by Gasteiger charge is 2.34. The van der Waals surface area contributed by atoms with Crippen molar-refractivity contribution >= 4 is 23.2 Å². The standard InChI is InChI=1S/C18H25N3O2/c1-14(20-11-7-3-2-4-8-12-20)18(23)21-13-17(22)19-15-9-5-6-10-16(15)21/h5-6,9-10,14H,2-4,7-8,11-13H2,1H3,(H,19,22)/p+1/t14-/m0/s1. The quantitative estimate of drug-likeness (QED) is 0.862. The smallest absolute Gasteiger partial charge is 0.285 e. The van der Waals surface area contributed by atoms with Gasteiger partial charge in [-0.25, -0.2) is 0 Å². The average molecular weight is 316 g/mol. The summed E-state index contributed by atoms with van der Waals surface area (Å²) in [7, 11) is 0. The molecule has 1 aromatic carbocycles. The fraction of sp³-hybridized carbons (Fsp3) is 0.556. The van der Waals surface area contributed by atoms with Crippen LogP contribution in [0.2, 0.25) is 0 Å². The van der Waals surface area contributed by atoms with Gasteiger partial charge < -0.3 is 10.2 Å². The third-order valence-corrected chi connectivity index (χ3v) is 5.02. The van der Waals surface area contributed by atoms with Gasteiger partial charge in [0.1, 0.15) is 6.54 Å². The number of para-hydroxylation sites is 2. The number of likely N-dealkylation sites (tertiary alicyclic amines) is 1. The molecule has 0 aromatic heterocycles. The molecule has 2 aliphatic heterocycles. The van der Waals surface area contributed by atoms with E-state index >= 15 is 0 Å². The number of carbonyl (C=O) groups excluding carboxylic acids is 2. The summed E-state index contributed by atoms with van der Waals surface area (Å²) in [6.45, 7) is 4.23. The maximum absolute atomic E-state index is 13.0. The van der Waals surface area contributed by atoms with Gasteiger partial charge in [-0.15, -0.1) is 0 Å². The molecule has 1 aromatic rings. The third-order valence-electron chi connectivity index (χ3n) is 5.02. The molecule has 0 saturated carbocycles. The van der Waals surface area contributed by atoms with Gasteiger partial charge in [0.15, 0.2) is 6.04 Å². The van der Waals surface area contributed by atoms with Crippen LogP contribution in [0.4, 0.5) is 11.4 Å². The Hall–Kier alpha value is -1.88. The molecule has 0 radical (unpaired) electrons. The summed E-state index contributed by atoms with van der Waals surface area (Å²) in [5, 5.41) is 2.84. The molecule has 0 bridgehead atoms. The number of rotatable bonds is 2. The minimum Gasteiger partial charge on any atom is -0.325 e. The first kappa shape index (κ1) is 16.0. The predicted octanol–water partition coefficient (Wildman–Crippen LogP) is 1.21. The van der Waals surface area contributed by atoms with E-state index < -0.39 is 0 Å². The number of amides is 2. The second-order valence-corrected chi connectivity index (χ2v) is 6.64. The summed E-state index contributed by atoms with van der Waals surface area (Å²) < 4.78 is 0. The van der Waals surface area contributed by atoms with Gasteiger partial charge in [0.2, 0.25) is 5.91 Å². The zero-order valence-electron chi connectivity index (χ0n) is 13.8. The molecule has 3 rings (SSSR count). The summed E-state index contributed by atoms with van der Waals surface area (Å²) in [6, 6.07) is 7.43. The average Bonchev–Trinajstić information content (AvgIpc) is 2.52. The molecule has 0 unspecified atom stereocenters. The number of fused-ring (bicyclic) bond motifs is 1. The number of benzene rings is 1. The summed E-state index contributed by atoms with van der Waals surface area (Å²) in [5.41, 5.74) is 1.54. The van der Waals surface area contributed by atoms with Gasteiger partial charge in [0.05, 0.1) is 24.5 Å². The minimum absolute atomic E-state index is 0.0582. The molecule has 2 amide bonds. The van der Waals surface area contributed by atoms with Gasteiger partial charge in [-0.05, 0) is 44.7 Å². The van der Waals surface area contributed by atoms with E-state index in [9.17, 15) is 9.59 Å². The summed E-state index contributed by atoms with van der Waals surface area (Å²) >= 11 is 0. The van der Waals surface area contributed by atoms with Crippen LogP contribution in [0, 0.1) is 0 Å². The van der Waals surface area contributed by atoms with E-state index in [2.05, 4.69) is 5.32 Å². The second-order valence-electron chi connectivity index (χ2n) is 6.64. The van der Waals surface area contributed by atoms with Crippen LogP contribution in [0.5, 0.6) is 0 Å². The van der Waals surface area contributed by atoms with Crippen LogP contribution in [0.3, 0.4) is 0 Å². The van der Waals surface area contributed by atoms with Crippen molar-refractivity contribution in [3.8, 4) is 0 Å². The van der Waals surface area contributed by atoms with Crippen molar-refractivity contribution in [2.45, 2.75) is 45.1 Å². The Balaban J connectivity index is 1.77. The molecule has 1 atom stereocenters. The lowest BCUT2D eigenvalue weighted by Gasteiger charge is -2.34. The first-order valence-electron chi connectivity index (χ1n) is 8.71. The van der Waals surface area contributed by atoms with Crippen molar-refractivity contribution in [2.24, 2.45) is 0 Å². The van der Waals surface area contributed by atoms with Crippen molar-refractivity contribution in [2.75, 3.05) is 29.9 Å². The Kier molecular flexibility index (Phi) is 4.96. The van der Waals surface area contributed by atoms with Crippen LogP contribution in [-0.4, -0.2) is 37.5 Å². The van der Waals surface area contributed by atoms with Gasteiger partial charge in [-0.2, -0.15) is 0 Å². The monoisotopic (exact) mass is 316 g/mol. The molecule has 0 aliphatic carbocycles. The highest BCUT2D eigenvalue weighted by atomic mass is 16.2. The fourth-order valence-corrected chi connectivity index (χ4v) is 3.63. The Morgan fingerprint density at radius 3 is 2.52 bits per heavy atom. The summed E-state index contributed by atoms with van der Waals surface area (Å²) in [5.74, 6) is -0.0604. The van der Waals surface area contributed by atoms with Crippen molar-refractivity contribution in [3.63, 3.8) is 0 Å². The Morgan fingerprint density at radius 2 is 1.78 bits per heavy atom. The number of anilines is 2. The molecule has 2 aliphatic rings. The first-order valence-corrected chi connectivity index (χ1v) is 8.71. The van der Waals surface area contributed by atoms with Crippen LogP contribution in [-0.2, 0) is 9.59 Å². The van der Waals surface area contributed by atoms with Crippen LogP contribution in [0.1, 0.15) is 39.0 Å². The first-order chi connectivity index (χ1) is 11.2. The van der Waals surface area contributed by atoms with Crippen LogP contribution in [0.25, 0.3) is 0 Å². The molecule has 2 N–H and O–H groups in total. The summed E-state index contributed by atoms with van der Waals surface area (Å²) in [6.07, 6.45) is 6.21. The molecule has 2 heterocycles. The molecule has 23 heavy (non-hydrogen) atoms. The Labute approximate surface area is 137 Å². The van der Waals surface area contributed by atoms with Crippen molar-refractivity contribution in [3.05, 3.63) is 24.3 Å². The zero-order valence-corrected chi connectivity index (χ0v) is 13.8. The maximum Gasteiger partial charge on any atom is 0.285 e. The van der Waals surface area contributed by atoms with Gasteiger partial charge in [-0.3, -0.25) is 14.5 Å². The topological polar surface area (TPSA) is 53.9 Å². The highest BCUT2D eigenvalue weighted by Crippen LogP contribution is 2.29. The molecule has 5 nitrogen and oxygen atoms in total. The van der Waals surface area contributed by atoms with E-state index in [1.54, 1.807) is 4.90 Å². The highest BCUT2D eigenvalue weighted by molar-refractivity contribution is 6.10. The Bertz CT molecular complexity index is 579. The molecule has 124 valence electrons. The maximum atomic E-state index is 13.0. The van der Waals surface area contributed by atoms with E-state index in [0.29, 0.717) is 0 Å². The molecule has 1 fully saturated rings. The fourth-order valence-electron chi connectivity index (χ4n) is 3.63. The SMILES string of the molecule is C[C@@H](C(=O)N1CC(=O)Nc2ccccc21)[NH+]1CCCCCCC1. The number of quaternary nitrogens is 1. The largest absolute Gasteiger partial charge is 0.325 e. The molecule has 1 saturated heterocycles. The van der Waals surface area contributed by atoms with Gasteiger partial charge in [-0.1, -0.05) is 18.6 Å². The zero-order chi connectivity index (χ0) is 16.2. The van der Waals surface area contributed by atoms with Crippen LogP contribution < -0.4 is 15.1 Å². The lowest BCUT2D eigenvalue weighted by atomic mass is 10.1. The second kappa shape index (κ2) is 7.13. The van der Waals surface area contributed by atoms with Gasteiger partial charge in [0, 0.05) is 0 Å². The molecular weight excluding hydrogens is 290 g/mol. The van der Waals surface area contributed by atoms with Crippen molar-refractivity contribution < 1.29 is 14.5 Å². The normalized spacial score (nSPS) is 20.9. The number of hydrogen-bond acceptors (Lipinski definition) is 2. The van der Waals surface area contributed by atoms with E-state index in [1.807, 2.05) is 31.2 Å². The van der Waals surface area contributed by atoms with Gasteiger partial charge in [0.25, 0.3) is 5.91 Å². The summed E-state index contributed by atoms with van der Waals surface area (Å²) in [4.78, 5) is 28.0. The van der Waals surface area contributed by atoms with E-state index in [-0.39, 0.29) is 24.4 Å². The third kappa shape index (κ3) is 3.55. The lowest BCUT2D eigenvalue weighted by Crippen LogP contribution is -3.16. The predicted molar refractivity (Wildman–Crippen MR) is 90.7 cm³/mol. The van der Waals surface area contributed by atoms with Crippen molar-refractivity contribution in [1.82, 2.24) is 0 Å². The Morgan fingerprint density at radius 1 is 1.13 bits per heavy atom. The number of nitrogens with one attached hydrogen (secondary N) is 2.